The Balaban J connectivity index is 3.15. The zero-order valence-electron chi connectivity index (χ0n) is 10.4. The van der Waals surface area contributed by atoms with Gasteiger partial charge in [-0.25, -0.2) is 0 Å². The fraction of sp³-hybridized carbons (Fsp3) is 0.500. The Morgan fingerprint density at radius 3 is 2.50 bits per heavy atom. The highest BCUT2D eigenvalue weighted by Gasteiger charge is 2.33. The number of nitrogens with zero attached hydrogens (tertiary/aromatic N) is 1. The van der Waals surface area contributed by atoms with Gasteiger partial charge in [0.15, 0.2) is 0 Å². The molecule has 0 bridgehead atoms. The van der Waals surface area contributed by atoms with Crippen LogP contribution in [0.5, 0.6) is 0 Å². The normalized spacial score (nSPS) is 16.2. The molecule has 1 aromatic carbocycles. The third kappa shape index (κ3) is 2.25. The van der Waals surface area contributed by atoms with Crippen LogP contribution in [0.3, 0.4) is 0 Å². The van der Waals surface area contributed by atoms with E-state index in [9.17, 15) is 5.11 Å². The molecule has 0 radical (unpaired) electrons. The molecular formula is C14H19NO. The minimum atomic E-state index is -0.719. The van der Waals surface area contributed by atoms with Gasteiger partial charge >= 0.3 is 0 Å². The fourth-order valence-electron chi connectivity index (χ4n) is 1.81. The molecule has 0 aliphatic rings. The number of benzene rings is 1. The van der Waals surface area contributed by atoms with E-state index in [1.165, 1.54) is 5.56 Å². The number of aliphatic hydroxyl groups excluding tert-OH is 1. The van der Waals surface area contributed by atoms with Crippen molar-refractivity contribution < 1.29 is 5.11 Å². The molecular weight excluding hydrogens is 198 g/mol. The highest BCUT2D eigenvalue weighted by molar-refractivity contribution is 5.34. The van der Waals surface area contributed by atoms with Crippen LogP contribution >= 0.6 is 0 Å². The fourth-order valence-corrected chi connectivity index (χ4v) is 1.81. The van der Waals surface area contributed by atoms with Gasteiger partial charge in [-0.3, -0.25) is 0 Å². The van der Waals surface area contributed by atoms with Crippen LogP contribution in [0.2, 0.25) is 0 Å². The largest absolute Gasteiger partial charge is 0.387 e. The van der Waals surface area contributed by atoms with Crippen molar-refractivity contribution in [3.63, 3.8) is 0 Å². The number of rotatable bonds is 3. The van der Waals surface area contributed by atoms with Crippen LogP contribution in [0.25, 0.3) is 0 Å². The quantitative estimate of drug-likeness (QED) is 0.844. The average molecular weight is 217 g/mol. The second kappa shape index (κ2) is 4.67. The molecule has 2 unspecified atom stereocenters. The van der Waals surface area contributed by atoms with Crippen molar-refractivity contribution in [3.05, 3.63) is 34.9 Å². The monoisotopic (exact) mass is 217 g/mol. The SMILES string of the molecule is CCC(C)(C#N)C(O)c1ccc(C)cc1C. The van der Waals surface area contributed by atoms with Gasteiger partial charge in [-0.2, -0.15) is 5.26 Å². The first-order valence-corrected chi connectivity index (χ1v) is 5.61. The third-order valence-corrected chi connectivity index (χ3v) is 3.31. The van der Waals surface area contributed by atoms with Gasteiger partial charge in [-0.15, -0.1) is 0 Å². The van der Waals surface area contributed by atoms with Gasteiger partial charge in [0.2, 0.25) is 0 Å². The number of hydrogen-bond donors (Lipinski definition) is 1. The number of aryl methyl sites for hydroxylation is 2. The second-order valence-electron chi connectivity index (χ2n) is 4.65. The maximum atomic E-state index is 10.3. The summed E-state index contributed by atoms with van der Waals surface area (Å²) < 4.78 is 0. The molecule has 16 heavy (non-hydrogen) atoms. The lowest BCUT2D eigenvalue weighted by atomic mass is 9.78. The summed E-state index contributed by atoms with van der Waals surface area (Å²) in [5.74, 6) is 0. The van der Waals surface area contributed by atoms with Crippen molar-refractivity contribution in [3.8, 4) is 6.07 Å². The van der Waals surface area contributed by atoms with E-state index in [4.69, 9.17) is 5.26 Å². The maximum absolute atomic E-state index is 10.3. The summed E-state index contributed by atoms with van der Waals surface area (Å²) in [6, 6.07) is 8.14. The van der Waals surface area contributed by atoms with Gasteiger partial charge in [0, 0.05) is 0 Å². The Bertz CT molecular complexity index is 419. The van der Waals surface area contributed by atoms with Gasteiger partial charge in [0.25, 0.3) is 0 Å². The van der Waals surface area contributed by atoms with Crippen LogP contribution in [0.15, 0.2) is 18.2 Å². The van der Waals surface area contributed by atoms with Crippen LogP contribution in [-0.2, 0) is 0 Å². The predicted octanol–water partition coefficient (Wildman–Crippen LogP) is 3.28. The molecule has 2 nitrogen and oxygen atoms in total. The van der Waals surface area contributed by atoms with E-state index in [0.29, 0.717) is 6.42 Å². The lowest BCUT2D eigenvalue weighted by molar-refractivity contribution is 0.0716. The molecule has 1 rings (SSSR count). The molecule has 0 aliphatic heterocycles. The van der Waals surface area contributed by atoms with Crippen molar-refractivity contribution in [1.29, 1.82) is 5.26 Å². The van der Waals surface area contributed by atoms with Gasteiger partial charge in [-0.05, 0) is 38.3 Å². The lowest BCUT2D eigenvalue weighted by Crippen LogP contribution is -2.23. The van der Waals surface area contributed by atoms with E-state index in [1.807, 2.05) is 39.0 Å². The van der Waals surface area contributed by atoms with Crippen LogP contribution in [-0.4, -0.2) is 5.11 Å². The molecule has 0 heterocycles. The van der Waals surface area contributed by atoms with Crippen LogP contribution in [0.1, 0.15) is 43.1 Å². The Morgan fingerprint density at radius 1 is 1.44 bits per heavy atom. The van der Waals surface area contributed by atoms with Crippen molar-refractivity contribution >= 4 is 0 Å². The van der Waals surface area contributed by atoms with E-state index >= 15 is 0 Å². The molecule has 86 valence electrons. The number of hydrogen-bond acceptors (Lipinski definition) is 2. The Morgan fingerprint density at radius 2 is 2.06 bits per heavy atom. The van der Waals surface area contributed by atoms with Gasteiger partial charge < -0.3 is 5.11 Å². The first kappa shape index (κ1) is 12.7. The van der Waals surface area contributed by atoms with E-state index in [-0.39, 0.29) is 0 Å². The van der Waals surface area contributed by atoms with E-state index in [2.05, 4.69) is 6.07 Å². The summed E-state index contributed by atoms with van der Waals surface area (Å²) in [6.07, 6.45) is -0.0825. The molecule has 0 fully saturated rings. The molecule has 1 aromatic rings. The Kier molecular flexibility index (Phi) is 3.72. The predicted molar refractivity (Wildman–Crippen MR) is 64.9 cm³/mol. The number of aliphatic hydroxyl groups is 1. The second-order valence-corrected chi connectivity index (χ2v) is 4.65. The molecule has 1 N–H and O–H groups in total. The molecule has 2 heteroatoms. The van der Waals surface area contributed by atoms with E-state index < -0.39 is 11.5 Å². The summed E-state index contributed by atoms with van der Waals surface area (Å²) in [5.41, 5.74) is 2.36. The topological polar surface area (TPSA) is 44.0 Å². The van der Waals surface area contributed by atoms with Gasteiger partial charge in [0.05, 0.1) is 17.6 Å². The minimum Gasteiger partial charge on any atom is -0.387 e. The van der Waals surface area contributed by atoms with Crippen LogP contribution in [0, 0.1) is 30.6 Å². The lowest BCUT2D eigenvalue weighted by Gasteiger charge is -2.27. The average Bonchev–Trinajstić information content (AvgIpc) is 2.27. The number of nitriles is 1. The van der Waals surface area contributed by atoms with Crippen molar-refractivity contribution in [2.24, 2.45) is 5.41 Å². The van der Waals surface area contributed by atoms with Gasteiger partial charge in [0.1, 0.15) is 0 Å². The molecule has 0 aliphatic carbocycles. The minimum absolute atomic E-state index is 0.637. The van der Waals surface area contributed by atoms with Crippen molar-refractivity contribution in [2.45, 2.75) is 40.2 Å². The summed E-state index contributed by atoms with van der Waals surface area (Å²) in [7, 11) is 0. The Hall–Kier alpha value is -1.33. The first-order valence-electron chi connectivity index (χ1n) is 5.61. The molecule has 0 aromatic heterocycles. The first-order chi connectivity index (χ1) is 7.44. The zero-order valence-corrected chi connectivity index (χ0v) is 10.4. The summed E-state index contributed by atoms with van der Waals surface area (Å²) in [5, 5.41) is 19.4. The highest BCUT2D eigenvalue weighted by Crippen LogP contribution is 2.37. The molecule has 0 saturated carbocycles. The third-order valence-electron chi connectivity index (χ3n) is 3.31. The molecule has 0 amide bonds. The molecule has 2 atom stereocenters. The Labute approximate surface area is 97.5 Å². The molecule has 0 spiro atoms. The van der Waals surface area contributed by atoms with E-state index in [0.717, 1.165) is 11.1 Å². The maximum Gasteiger partial charge on any atom is 0.0976 e. The molecule has 0 saturated heterocycles. The highest BCUT2D eigenvalue weighted by atomic mass is 16.3. The summed E-state index contributed by atoms with van der Waals surface area (Å²) >= 11 is 0. The van der Waals surface area contributed by atoms with Crippen molar-refractivity contribution in [1.82, 2.24) is 0 Å². The standard InChI is InChI=1S/C14H19NO/c1-5-14(4,9-15)13(16)12-7-6-10(2)8-11(12)3/h6-8,13,16H,5H2,1-4H3. The van der Waals surface area contributed by atoms with Gasteiger partial charge in [-0.1, -0.05) is 30.7 Å². The summed E-state index contributed by atoms with van der Waals surface area (Å²) in [4.78, 5) is 0. The summed E-state index contributed by atoms with van der Waals surface area (Å²) in [6.45, 7) is 7.72. The van der Waals surface area contributed by atoms with Crippen LogP contribution < -0.4 is 0 Å². The van der Waals surface area contributed by atoms with Crippen molar-refractivity contribution in [2.75, 3.05) is 0 Å². The van der Waals surface area contributed by atoms with E-state index in [1.54, 1.807) is 6.92 Å². The van der Waals surface area contributed by atoms with Crippen LogP contribution in [0.4, 0.5) is 0 Å². The smallest absolute Gasteiger partial charge is 0.0976 e. The zero-order chi connectivity index (χ0) is 12.3.